The van der Waals surface area contributed by atoms with E-state index in [2.05, 4.69) is 83.0 Å². The van der Waals surface area contributed by atoms with Crippen LogP contribution in [0.25, 0.3) is 0 Å². The summed E-state index contributed by atoms with van der Waals surface area (Å²) in [5.41, 5.74) is 2.51. The van der Waals surface area contributed by atoms with Crippen LogP contribution in [0, 0.1) is 7.43 Å². The number of benzene rings is 2. The van der Waals surface area contributed by atoms with E-state index in [0.717, 1.165) is 24.8 Å². The molecule has 0 aliphatic carbocycles. The van der Waals surface area contributed by atoms with Crippen molar-refractivity contribution in [2.24, 2.45) is 0 Å². The second kappa shape index (κ2) is 23.7. The first-order valence-electron chi connectivity index (χ1n) is 14.1. The summed E-state index contributed by atoms with van der Waals surface area (Å²) in [6.07, 6.45) is 6.47. The molecule has 38 heavy (non-hydrogen) atoms. The largest absolute Gasteiger partial charge is 1.00 e. The van der Waals surface area contributed by atoms with Crippen LogP contribution in [0.3, 0.4) is 0 Å². The minimum Gasteiger partial charge on any atom is -0.849 e. The van der Waals surface area contributed by atoms with Gasteiger partial charge in [0, 0.05) is 0 Å². The Labute approximate surface area is 264 Å². The fourth-order valence-corrected chi connectivity index (χ4v) is 8.65. The molecule has 1 aliphatic rings. The molecule has 0 radical (unpaired) electrons. The molecule has 2 aromatic carbocycles. The Morgan fingerprint density at radius 2 is 1.34 bits per heavy atom. The number of rotatable bonds is 8. The van der Waals surface area contributed by atoms with Crippen molar-refractivity contribution >= 4 is 26.8 Å². The van der Waals surface area contributed by atoms with Crippen molar-refractivity contribution < 1.29 is 47.3 Å². The van der Waals surface area contributed by atoms with Gasteiger partial charge in [0.2, 0.25) is 8.32 Å². The molecule has 1 aliphatic heterocycles. The number of unbranched alkanes of at least 4 members (excludes halogenated alkanes) is 2. The molecule has 1 heterocycles. The van der Waals surface area contributed by atoms with Crippen LogP contribution in [-0.2, 0) is 4.43 Å². The monoisotopic (exact) mass is 544 g/mol. The van der Waals surface area contributed by atoms with E-state index in [1.807, 2.05) is 39.8 Å². The zero-order valence-electron chi connectivity index (χ0n) is 27.8. The van der Waals surface area contributed by atoms with Gasteiger partial charge >= 0.3 is 37.7 Å². The van der Waals surface area contributed by atoms with Gasteiger partial charge < -0.3 is 17.0 Å². The van der Waals surface area contributed by atoms with Crippen molar-refractivity contribution in [2.75, 3.05) is 0 Å². The minimum absolute atomic E-state index is 0. The molecule has 0 saturated carbocycles. The third-order valence-corrected chi connectivity index (χ3v) is 10.8. The number of hydrogen-bond donors (Lipinski definition) is 0. The second-order valence-electron chi connectivity index (χ2n) is 10.3. The molecule has 0 amide bonds. The zero-order chi connectivity index (χ0) is 27.1. The summed E-state index contributed by atoms with van der Waals surface area (Å²) in [5.74, 6) is 0. The van der Waals surface area contributed by atoms with E-state index >= 15 is 0 Å². The molecule has 2 nitrogen and oxygen atoms in total. The van der Waals surface area contributed by atoms with Gasteiger partial charge in [0.25, 0.3) is 0 Å². The molecule has 208 valence electrons. The van der Waals surface area contributed by atoms with Gasteiger partial charge in [-0.25, -0.2) is 0 Å². The minimum atomic E-state index is -1.57. The first kappa shape index (κ1) is 45.0. The molecule has 6 heteroatoms. The zero-order valence-corrected chi connectivity index (χ0v) is 29.8. The van der Waals surface area contributed by atoms with Gasteiger partial charge in [0.1, 0.15) is 0 Å². The maximum absolute atomic E-state index is 12.2. The maximum Gasteiger partial charge on any atom is 1.00 e. The van der Waals surface area contributed by atoms with Crippen molar-refractivity contribution in [2.45, 2.75) is 125 Å². The fraction of sp³-hybridized carbons (Fsp3) is 0.594. The fourth-order valence-electron chi connectivity index (χ4n) is 4.42. The van der Waals surface area contributed by atoms with Gasteiger partial charge in [-0.15, -0.1) is 6.10 Å². The van der Waals surface area contributed by atoms with E-state index in [-0.39, 0.29) is 45.1 Å². The van der Waals surface area contributed by atoms with Gasteiger partial charge in [-0.2, -0.15) is 0 Å². The molecular weight excluding hydrogens is 486 g/mol. The van der Waals surface area contributed by atoms with Crippen molar-refractivity contribution in [1.29, 1.82) is 0 Å². The van der Waals surface area contributed by atoms with Gasteiger partial charge in [-0.1, -0.05) is 153 Å². The Morgan fingerprint density at radius 1 is 0.842 bits per heavy atom. The Hall–Kier alpha value is -0.0114. The van der Waals surface area contributed by atoms with Crippen LogP contribution in [0.4, 0.5) is 0 Å². The van der Waals surface area contributed by atoms with Crippen LogP contribution in [0.15, 0.2) is 48.5 Å². The molecule has 2 unspecified atom stereocenters. The smallest absolute Gasteiger partial charge is 0.849 e. The van der Waals surface area contributed by atoms with E-state index in [1.165, 1.54) is 35.2 Å². The third-order valence-electron chi connectivity index (χ3n) is 6.15. The molecule has 0 saturated heterocycles. The normalized spacial score (nSPS) is 15.1. The molecule has 0 fully saturated rings. The first-order chi connectivity index (χ1) is 16.6. The van der Waals surface area contributed by atoms with Crippen LogP contribution in [0.5, 0.6) is 0 Å². The van der Waals surface area contributed by atoms with E-state index < -0.39 is 22.5 Å². The van der Waals surface area contributed by atoms with Gasteiger partial charge in [-0.3, -0.25) is 0 Å². The van der Waals surface area contributed by atoms with E-state index in [4.69, 9.17) is 4.43 Å². The molecular formula is C32H58Li2O2Si2. The van der Waals surface area contributed by atoms with Crippen LogP contribution in [-0.4, -0.2) is 16.4 Å². The molecule has 0 spiro atoms. The van der Waals surface area contributed by atoms with Crippen LogP contribution >= 0.6 is 0 Å². The predicted octanol–water partition coefficient (Wildman–Crippen LogP) is 2.69. The number of hydrogen-bond acceptors (Lipinski definition) is 2. The topological polar surface area (TPSA) is 32.3 Å². The average Bonchev–Trinajstić information content (AvgIpc) is 3.13. The summed E-state index contributed by atoms with van der Waals surface area (Å²) < 4.78 is 6.26. The van der Waals surface area contributed by atoms with E-state index in [1.54, 1.807) is 0 Å². The summed E-state index contributed by atoms with van der Waals surface area (Å²) in [4.78, 5) is 0. The Kier molecular flexibility index (Phi) is 28.0. The quantitative estimate of drug-likeness (QED) is 0.378. The van der Waals surface area contributed by atoms with E-state index in [9.17, 15) is 5.11 Å². The van der Waals surface area contributed by atoms with Crippen LogP contribution in [0.1, 0.15) is 103 Å². The Balaban J connectivity index is -0.000000251. The summed E-state index contributed by atoms with van der Waals surface area (Å²) in [6.45, 7) is 23.9. The van der Waals surface area contributed by atoms with Crippen molar-refractivity contribution in [3.8, 4) is 0 Å². The van der Waals surface area contributed by atoms with Gasteiger partial charge in [0.05, 0.1) is 14.2 Å². The predicted molar refractivity (Wildman–Crippen MR) is 168 cm³/mol. The third kappa shape index (κ3) is 14.6. The average molecular weight is 545 g/mol. The molecule has 2 aromatic rings. The van der Waals surface area contributed by atoms with Crippen LogP contribution < -0.4 is 53.2 Å². The molecule has 0 N–H and O–H groups in total. The molecule has 2 atom stereocenters. The van der Waals surface area contributed by atoms with E-state index in [0.29, 0.717) is 6.10 Å². The summed E-state index contributed by atoms with van der Waals surface area (Å²) >= 11 is 0. The second-order valence-corrected chi connectivity index (χ2v) is 19.1. The maximum atomic E-state index is 12.2. The number of fused-ring (bicyclic) bond motifs is 1. The standard InChI is InChI=1S/C14H23OSi.C13H20OSi.2C2H6.CH3.2Li/c1-5-6-10-13(15)12-9-7-8-11-14(12)16(2,3)4;1-4-5-9-12-11-8-6-7-10-13(11)15(2,3)14-12;2*1-2;;;/h7-9,11,13H,5-6,10H2,1-4H3;6-8,10,12H,4-5,9H2,1-3H3;2*1-2H3;1H3;;/q-1;;;;-1;2*+1. The van der Waals surface area contributed by atoms with Crippen molar-refractivity contribution in [3.05, 3.63) is 67.1 Å². The molecule has 0 bridgehead atoms. The van der Waals surface area contributed by atoms with Gasteiger partial charge in [-0.05, 0) is 30.3 Å². The van der Waals surface area contributed by atoms with Crippen molar-refractivity contribution in [1.82, 2.24) is 0 Å². The Bertz CT molecular complexity index is 823. The van der Waals surface area contributed by atoms with Crippen molar-refractivity contribution in [3.63, 3.8) is 0 Å². The van der Waals surface area contributed by atoms with Crippen LogP contribution in [0.2, 0.25) is 32.7 Å². The molecule has 3 rings (SSSR count). The summed E-state index contributed by atoms with van der Waals surface area (Å²) in [7, 11) is -2.95. The first-order valence-corrected chi connectivity index (χ1v) is 20.5. The molecule has 0 aromatic heterocycles. The SMILES string of the molecule is CC.CC.CCCCC([O-])c1ccccc1[Si](C)(C)C.CCCCC1O[Si](C)(C)c2ccccc21.[CH3-].[Li+].[Li+]. The summed E-state index contributed by atoms with van der Waals surface area (Å²) in [5, 5.41) is 15.0. The van der Waals surface area contributed by atoms with Gasteiger partial charge in [0.15, 0.2) is 0 Å². The summed E-state index contributed by atoms with van der Waals surface area (Å²) in [6, 6.07) is 17.0. The Morgan fingerprint density at radius 3 is 1.87 bits per heavy atom.